The van der Waals surface area contributed by atoms with Gasteiger partial charge in [-0.05, 0) is 59.0 Å². The summed E-state index contributed by atoms with van der Waals surface area (Å²) in [7, 11) is 0. The van der Waals surface area contributed by atoms with Gasteiger partial charge in [-0.1, -0.05) is 84.6 Å². The molecule has 7 heteroatoms. The van der Waals surface area contributed by atoms with E-state index in [1.807, 2.05) is 59.3 Å². The lowest BCUT2D eigenvalue weighted by Gasteiger charge is -2.32. The zero-order valence-electron chi connectivity index (χ0n) is 21.2. The average molecular weight is 531 g/mol. The fourth-order valence-electron chi connectivity index (χ4n) is 5.44. The number of aromatic nitrogens is 3. The normalized spacial score (nSPS) is 16.5. The second-order valence-corrected chi connectivity index (χ2v) is 10.7. The molecular formula is C32H26N4O2S. The van der Waals surface area contributed by atoms with Crippen LogP contribution in [0.1, 0.15) is 36.4 Å². The maximum absolute atomic E-state index is 13.2. The number of carbonyl (C=O) groups is 1. The highest BCUT2D eigenvalue weighted by atomic mass is 32.2. The summed E-state index contributed by atoms with van der Waals surface area (Å²) in [6.07, 6.45) is 2.21. The maximum Gasteiger partial charge on any atom is 0.227 e. The number of ketones is 1. The van der Waals surface area contributed by atoms with Crippen LogP contribution in [0.5, 0.6) is 11.5 Å². The predicted molar refractivity (Wildman–Crippen MR) is 154 cm³/mol. The standard InChI is InChI=1S/C32H26N4O2S/c37-28-18-8-17-27-29(28)30(22-11-7-15-25(19-22)38-24-13-2-1-3-14-24)36-31(33-27)34-32(35-36)39-20-23-12-6-10-21-9-4-5-16-26(21)23/h1-7,9-16,19,30H,8,17-18,20H2,(H,33,34,35). The molecule has 0 bridgehead atoms. The van der Waals surface area contributed by atoms with Crippen molar-refractivity contribution in [3.8, 4) is 11.5 Å². The highest BCUT2D eigenvalue weighted by Crippen LogP contribution is 2.41. The van der Waals surface area contributed by atoms with Crippen LogP contribution in [0.2, 0.25) is 0 Å². The summed E-state index contributed by atoms with van der Waals surface area (Å²) < 4.78 is 7.99. The molecule has 2 heterocycles. The van der Waals surface area contributed by atoms with Crippen molar-refractivity contribution in [2.24, 2.45) is 0 Å². The van der Waals surface area contributed by atoms with Crippen LogP contribution in [0.4, 0.5) is 5.95 Å². The van der Waals surface area contributed by atoms with E-state index in [0.717, 1.165) is 46.9 Å². The Hall–Kier alpha value is -4.36. The quantitative estimate of drug-likeness (QED) is 0.229. The van der Waals surface area contributed by atoms with E-state index in [2.05, 4.69) is 47.8 Å². The molecule has 192 valence electrons. The first-order valence-electron chi connectivity index (χ1n) is 13.1. The minimum atomic E-state index is -0.359. The minimum Gasteiger partial charge on any atom is -0.457 e. The number of hydrogen-bond donors (Lipinski definition) is 1. The molecule has 1 unspecified atom stereocenters. The SMILES string of the molecule is O=C1CCCC2=C1C(c1cccc(Oc3ccccc3)c1)n1nc(SCc3cccc4ccccc34)nc1N2. The molecule has 1 atom stereocenters. The first-order valence-corrected chi connectivity index (χ1v) is 14.1. The fourth-order valence-corrected chi connectivity index (χ4v) is 6.27. The third-order valence-corrected chi connectivity index (χ3v) is 8.12. The number of nitrogens with zero attached hydrogens (tertiary/aromatic N) is 3. The van der Waals surface area contributed by atoms with Crippen LogP contribution >= 0.6 is 11.8 Å². The smallest absolute Gasteiger partial charge is 0.227 e. The largest absolute Gasteiger partial charge is 0.457 e. The minimum absolute atomic E-state index is 0.161. The molecule has 0 fully saturated rings. The molecule has 0 saturated heterocycles. The van der Waals surface area contributed by atoms with E-state index in [-0.39, 0.29) is 11.8 Å². The maximum atomic E-state index is 13.2. The lowest BCUT2D eigenvalue weighted by atomic mass is 9.85. The van der Waals surface area contributed by atoms with Gasteiger partial charge in [-0.2, -0.15) is 4.98 Å². The Balaban J connectivity index is 1.23. The van der Waals surface area contributed by atoms with E-state index in [1.165, 1.54) is 16.3 Å². The summed E-state index contributed by atoms with van der Waals surface area (Å²) in [4.78, 5) is 18.1. The number of hydrogen-bond acceptors (Lipinski definition) is 6. The number of anilines is 1. The van der Waals surface area contributed by atoms with Gasteiger partial charge >= 0.3 is 0 Å². The van der Waals surface area contributed by atoms with Gasteiger partial charge in [0.25, 0.3) is 0 Å². The summed E-state index contributed by atoms with van der Waals surface area (Å²) in [6.45, 7) is 0. The van der Waals surface area contributed by atoms with E-state index in [0.29, 0.717) is 17.5 Å². The highest BCUT2D eigenvalue weighted by molar-refractivity contribution is 7.98. The Bertz CT molecular complexity index is 1720. The average Bonchev–Trinajstić information content (AvgIpc) is 3.38. The molecule has 1 aliphatic heterocycles. The lowest BCUT2D eigenvalue weighted by Crippen LogP contribution is -2.31. The molecule has 6 nitrogen and oxygen atoms in total. The number of thioether (sulfide) groups is 1. The Morgan fingerprint density at radius 1 is 0.897 bits per heavy atom. The number of para-hydroxylation sites is 1. The fraction of sp³-hybridized carbons (Fsp3) is 0.156. The van der Waals surface area contributed by atoms with Crippen LogP contribution in [0.15, 0.2) is 113 Å². The van der Waals surface area contributed by atoms with Gasteiger partial charge in [0, 0.05) is 23.4 Å². The first kappa shape index (κ1) is 23.7. The van der Waals surface area contributed by atoms with Crippen molar-refractivity contribution in [1.29, 1.82) is 0 Å². The van der Waals surface area contributed by atoms with Gasteiger partial charge < -0.3 is 10.1 Å². The lowest BCUT2D eigenvalue weighted by molar-refractivity contribution is -0.116. The number of fused-ring (bicyclic) bond motifs is 2. The van der Waals surface area contributed by atoms with Crippen LogP contribution in [-0.2, 0) is 10.5 Å². The molecule has 0 spiro atoms. The van der Waals surface area contributed by atoms with Gasteiger partial charge in [-0.25, -0.2) is 4.68 Å². The van der Waals surface area contributed by atoms with Gasteiger partial charge in [0.1, 0.15) is 17.5 Å². The first-order chi connectivity index (χ1) is 19.2. The molecule has 1 aliphatic carbocycles. The Labute approximate surface area is 230 Å². The zero-order valence-corrected chi connectivity index (χ0v) is 22.0. The van der Waals surface area contributed by atoms with Crippen LogP contribution in [0.25, 0.3) is 10.8 Å². The number of Topliss-reactive ketones (excluding diaryl/α,β-unsaturated/α-hetero) is 1. The predicted octanol–water partition coefficient (Wildman–Crippen LogP) is 7.54. The van der Waals surface area contributed by atoms with Crippen LogP contribution in [0, 0.1) is 0 Å². The second-order valence-electron chi connectivity index (χ2n) is 9.77. The van der Waals surface area contributed by atoms with Crippen LogP contribution in [-0.4, -0.2) is 20.5 Å². The molecule has 4 aromatic carbocycles. The summed E-state index contributed by atoms with van der Waals surface area (Å²) in [5.41, 5.74) is 3.93. The third-order valence-electron chi connectivity index (χ3n) is 7.24. The molecule has 39 heavy (non-hydrogen) atoms. The molecule has 2 aliphatic rings. The van der Waals surface area contributed by atoms with E-state index >= 15 is 0 Å². The molecule has 0 amide bonds. The van der Waals surface area contributed by atoms with Crippen molar-refractivity contribution in [3.63, 3.8) is 0 Å². The summed E-state index contributed by atoms with van der Waals surface area (Å²) >= 11 is 1.61. The van der Waals surface area contributed by atoms with Crippen molar-refractivity contribution < 1.29 is 9.53 Å². The molecule has 1 aromatic heterocycles. The van der Waals surface area contributed by atoms with E-state index in [9.17, 15) is 4.79 Å². The number of ether oxygens (including phenoxy) is 1. The van der Waals surface area contributed by atoms with E-state index in [1.54, 1.807) is 11.8 Å². The number of rotatable bonds is 6. The van der Waals surface area contributed by atoms with E-state index in [4.69, 9.17) is 14.8 Å². The Morgan fingerprint density at radius 2 is 1.69 bits per heavy atom. The Morgan fingerprint density at radius 3 is 2.62 bits per heavy atom. The molecule has 5 aromatic rings. The summed E-state index contributed by atoms with van der Waals surface area (Å²) in [5.74, 6) is 3.07. The second kappa shape index (κ2) is 10.1. The molecule has 7 rings (SSSR count). The van der Waals surface area contributed by atoms with Crippen molar-refractivity contribution in [1.82, 2.24) is 14.8 Å². The number of carbonyl (C=O) groups excluding carboxylic acids is 1. The Kier molecular flexibility index (Phi) is 6.13. The molecule has 1 N–H and O–H groups in total. The van der Waals surface area contributed by atoms with E-state index < -0.39 is 0 Å². The topological polar surface area (TPSA) is 69.0 Å². The molecule has 0 saturated carbocycles. The third kappa shape index (κ3) is 4.59. The van der Waals surface area contributed by atoms with Crippen molar-refractivity contribution in [2.75, 3.05) is 5.32 Å². The monoisotopic (exact) mass is 530 g/mol. The number of nitrogens with one attached hydrogen (secondary N) is 1. The zero-order chi connectivity index (χ0) is 26.2. The van der Waals surface area contributed by atoms with Crippen molar-refractivity contribution in [3.05, 3.63) is 119 Å². The van der Waals surface area contributed by atoms with Gasteiger partial charge in [-0.3, -0.25) is 4.79 Å². The number of benzene rings is 4. The van der Waals surface area contributed by atoms with Crippen LogP contribution < -0.4 is 10.1 Å². The van der Waals surface area contributed by atoms with Crippen molar-refractivity contribution in [2.45, 2.75) is 36.2 Å². The van der Waals surface area contributed by atoms with Crippen molar-refractivity contribution >= 4 is 34.3 Å². The number of allylic oxidation sites excluding steroid dienone is 2. The summed E-state index contributed by atoms with van der Waals surface area (Å²) in [6, 6.07) is 32.1. The highest BCUT2D eigenvalue weighted by Gasteiger charge is 2.37. The molecular weight excluding hydrogens is 504 g/mol. The molecule has 0 radical (unpaired) electrons. The van der Waals surface area contributed by atoms with Gasteiger partial charge in [0.05, 0.1) is 0 Å². The van der Waals surface area contributed by atoms with Gasteiger partial charge in [0.2, 0.25) is 11.1 Å². The van der Waals surface area contributed by atoms with Gasteiger partial charge in [-0.15, -0.1) is 5.10 Å². The van der Waals surface area contributed by atoms with Crippen LogP contribution in [0.3, 0.4) is 0 Å². The van der Waals surface area contributed by atoms with Gasteiger partial charge in [0.15, 0.2) is 5.78 Å². The summed E-state index contributed by atoms with van der Waals surface area (Å²) in [5, 5.41) is 11.5.